The van der Waals surface area contributed by atoms with E-state index in [1.54, 1.807) is 0 Å². The summed E-state index contributed by atoms with van der Waals surface area (Å²) >= 11 is 0. The molecule has 0 aromatic heterocycles. The highest BCUT2D eigenvalue weighted by atomic mass is 15.3. The number of rotatable bonds is 3. The molecule has 0 aromatic carbocycles. The molecule has 1 aliphatic heterocycles. The number of nitrogens with two attached hydrogens (primary N) is 1. The van der Waals surface area contributed by atoms with E-state index >= 15 is 0 Å². The highest BCUT2D eigenvalue weighted by Gasteiger charge is 2.35. The van der Waals surface area contributed by atoms with Gasteiger partial charge in [0.2, 0.25) is 0 Å². The Bertz CT molecular complexity index is 215. The fourth-order valence-corrected chi connectivity index (χ4v) is 2.64. The van der Waals surface area contributed by atoms with Crippen LogP contribution in [-0.4, -0.2) is 54.1 Å². The van der Waals surface area contributed by atoms with Crippen LogP contribution in [0.2, 0.25) is 0 Å². The zero-order valence-corrected chi connectivity index (χ0v) is 11.7. The number of hydrogen-bond donors (Lipinski definition) is 1. The Balaban J connectivity index is 2.84. The van der Waals surface area contributed by atoms with Crippen LogP contribution in [0.4, 0.5) is 0 Å². The van der Waals surface area contributed by atoms with E-state index in [-0.39, 0.29) is 0 Å². The van der Waals surface area contributed by atoms with Crippen LogP contribution in [0.5, 0.6) is 0 Å². The largest absolute Gasteiger partial charge is 0.329 e. The standard InChI is InChI=1S/C13H29N3/c1-6-11(2)16-10-12(9-14)15(5)8-7-13(16,3)4/h11-12H,6-10,14H2,1-5H3. The maximum absolute atomic E-state index is 5.89. The molecule has 2 N–H and O–H groups in total. The molecule has 2 atom stereocenters. The Hall–Kier alpha value is -0.120. The molecule has 0 spiro atoms. The maximum Gasteiger partial charge on any atom is 0.0342 e. The summed E-state index contributed by atoms with van der Waals surface area (Å²) < 4.78 is 0. The lowest BCUT2D eigenvalue weighted by atomic mass is 9.96. The first-order valence-electron chi connectivity index (χ1n) is 6.59. The van der Waals surface area contributed by atoms with Crippen LogP contribution in [-0.2, 0) is 0 Å². The number of likely N-dealkylation sites (N-methyl/N-ethyl adjacent to an activating group) is 1. The van der Waals surface area contributed by atoms with Gasteiger partial charge in [0.1, 0.15) is 0 Å². The van der Waals surface area contributed by atoms with Gasteiger partial charge in [-0.05, 0) is 47.2 Å². The Morgan fingerprint density at radius 1 is 1.44 bits per heavy atom. The minimum atomic E-state index is 0.299. The van der Waals surface area contributed by atoms with Gasteiger partial charge in [-0.1, -0.05) is 6.92 Å². The zero-order chi connectivity index (χ0) is 12.3. The van der Waals surface area contributed by atoms with Crippen molar-refractivity contribution in [2.45, 2.75) is 58.2 Å². The summed E-state index contributed by atoms with van der Waals surface area (Å²) in [6.07, 6.45) is 2.44. The Morgan fingerprint density at radius 2 is 2.06 bits per heavy atom. The third-order valence-corrected chi connectivity index (χ3v) is 4.28. The van der Waals surface area contributed by atoms with E-state index < -0.39 is 0 Å². The predicted octanol–water partition coefficient (Wildman–Crippen LogP) is 1.53. The van der Waals surface area contributed by atoms with Crippen LogP contribution in [0, 0.1) is 0 Å². The molecule has 0 bridgehead atoms. The Morgan fingerprint density at radius 3 is 2.56 bits per heavy atom. The van der Waals surface area contributed by atoms with E-state index in [9.17, 15) is 0 Å². The van der Waals surface area contributed by atoms with Gasteiger partial charge in [0.25, 0.3) is 0 Å². The molecule has 1 fully saturated rings. The normalized spacial score (nSPS) is 30.0. The highest BCUT2D eigenvalue weighted by Crippen LogP contribution is 2.27. The van der Waals surface area contributed by atoms with Crippen molar-refractivity contribution >= 4 is 0 Å². The molecule has 0 amide bonds. The molecular weight excluding hydrogens is 198 g/mol. The fourth-order valence-electron chi connectivity index (χ4n) is 2.64. The molecule has 0 aromatic rings. The third-order valence-electron chi connectivity index (χ3n) is 4.28. The van der Waals surface area contributed by atoms with Gasteiger partial charge in [-0.15, -0.1) is 0 Å². The first-order valence-corrected chi connectivity index (χ1v) is 6.59. The van der Waals surface area contributed by atoms with Gasteiger partial charge in [0, 0.05) is 30.7 Å². The van der Waals surface area contributed by atoms with Gasteiger partial charge >= 0.3 is 0 Å². The average Bonchev–Trinajstić information content (AvgIpc) is 2.36. The molecule has 0 aliphatic carbocycles. The summed E-state index contributed by atoms with van der Waals surface area (Å²) in [5, 5.41) is 0. The van der Waals surface area contributed by atoms with E-state index in [1.165, 1.54) is 12.8 Å². The number of nitrogens with zero attached hydrogens (tertiary/aromatic N) is 2. The van der Waals surface area contributed by atoms with Crippen LogP contribution in [0.25, 0.3) is 0 Å². The quantitative estimate of drug-likeness (QED) is 0.793. The predicted molar refractivity (Wildman–Crippen MR) is 70.6 cm³/mol. The molecule has 1 heterocycles. The molecule has 3 heteroatoms. The summed E-state index contributed by atoms with van der Waals surface area (Å²) in [5.41, 5.74) is 6.19. The van der Waals surface area contributed by atoms with Crippen molar-refractivity contribution in [2.24, 2.45) is 5.73 Å². The second-order valence-corrected chi connectivity index (χ2v) is 5.84. The molecular formula is C13H29N3. The topological polar surface area (TPSA) is 32.5 Å². The van der Waals surface area contributed by atoms with E-state index in [1.807, 2.05) is 0 Å². The first kappa shape index (κ1) is 13.9. The van der Waals surface area contributed by atoms with Crippen molar-refractivity contribution in [3.8, 4) is 0 Å². The zero-order valence-electron chi connectivity index (χ0n) is 11.7. The van der Waals surface area contributed by atoms with Crippen LogP contribution >= 0.6 is 0 Å². The third kappa shape index (κ3) is 2.96. The molecule has 3 nitrogen and oxygen atoms in total. The van der Waals surface area contributed by atoms with Crippen molar-refractivity contribution in [3.05, 3.63) is 0 Å². The molecule has 1 aliphatic rings. The SMILES string of the molecule is CCC(C)N1CC(CN)N(C)CCC1(C)C. The van der Waals surface area contributed by atoms with Crippen LogP contribution in [0.1, 0.15) is 40.5 Å². The van der Waals surface area contributed by atoms with E-state index in [0.29, 0.717) is 17.6 Å². The van der Waals surface area contributed by atoms with Crippen molar-refractivity contribution in [2.75, 3.05) is 26.7 Å². The summed E-state index contributed by atoms with van der Waals surface area (Å²) in [4.78, 5) is 5.07. The van der Waals surface area contributed by atoms with E-state index in [4.69, 9.17) is 5.73 Å². The second kappa shape index (κ2) is 5.48. The van der Waals surface area contributed by atoms with Crippen molar-refractivity contribution < 1.29 is 0 Å². The molecule has 0 radical (unpaired) electrons. The highest BCUT2D eigenvalue weighted by molar-refractivity contribution is 4.92. The van der Waals surface area contributed by atoms with Gasteiger partial charge in [0.05, 0.1) is 0 Å². The average molecular weight is 227 g/mol. The summed E-state index contributed by atoms with van der Waals surface area (Å²) in [7, 11) is 2.20. The molecule has 96 valence electrons. The monoisotopic (exact) mass is 227 g/mol. The minimum Gasteiger partial charge on any atom is -0.329 e. The molecule has 2 unspecified atom stereocenters. The minimum absolute atomic E-state index is 0.299. The summed E-state index contributed by atoms with van der Waals surface area (Å²) in [6, 6.07) is 1.16. The smallest absolute Gasteiger partial charge is 0.0342 e. The van der Waals surface area contributed by atoms with Gasteiger partial charge in [-0.3, -0.25) is 4.90 Å². The molecule has 16 heavy (non-hydrogen) atoms. The lowest BCUT2D eigenvalue weighted by Crippen LogP contribution is -2.52. The second-order valence-electron chi connectivity index (χ2n) is 5.84. The maximum atomic E-state index is 5.89. The van der Waals surface area contributed by atoms with Gasteiger partial charge in [-0.2, -0.15) is 0 Å². The van der Waals surface area contributed by atoms with E-state index in [2.05, 4.69) is 44.5 Å². The van der Waals surface area contributed by atoms with Crippen LogP contribution in [0.3, 0.4) is 0 Å². The van der Waals surface area contributed by atoms with E-state index in [0.717, 1.165) is 19.6 Å². The summed E-state index contributed by atoms with van der Waals surface area (Å²) in [6.45, 7) is 12.4. The van der Waals surface area contributed by atoms with Crippen molar-refractivity contribution in [3.63, 3.8) is 0 Å². The lowest BCUT2D eigenvalue weighted by Gasteiger charge is -2.42. The summed E-state index contributed by atoms with van der Waals surface area (Å²) in [5.74, 6) is 0. The number of hydrogen-bond acceptors (Lipinski definition) is 3. The Kier molecular flexibility index (Phi) is 4.77. The molecule has 0 saturated carbocycles. The van der Waals surface area contributed by atoms with Gasteiger partial charge in [0.15, 0.2) is 0 Å². The Labute approximate surface area is 101 Å². The van der Waals surface area contributed by atoms with Gasteiger partial charge < -0.3 is 10.6 Å². The van der Waals surface area contributed by atoms with Crippen LogP contribution in [0.15, 0.2) is 0 Å². The molecule has 1 saturated heterocycles. The van der Waals surface area contributed by atoms with Crippen molar-refractivity contribution in [1.29, 1.82) is 0 Å². The molecule has 1 rings (SSSR count). The fraction of sp³-hybridized carbons (Fsp3) is 1.00. The van der Waals surface area contributed by atoms with Gasteiger partial charge in [-0.25, -0.2) is 0 Å². The first-order chi connectivity index (χ1) is 7.42. The van der Waals surface area contributed by atoms with Crippen LogP contribution < -0.4 is 5.73 Å². The lowest BCUT2D eigenvalue weighted by molar-refractivity contribution is 0.0714. The van der Waals surface area contributed by atoms with Crippen molar-refractivity contribution in [1.82, 2.24) is 9.80 Å².